The van der Waals surface area contributed by atoms with Crippen LogP contribution in [-0.2, 0) is 9.59 Å². The average Bonchev–Trinajstić information content (AvgIpc) is 2.82. The van der Waals surface area contributed by atoms with Gasteiger partial charge >= 0.3 is 5.97 Å². The predicted octanol–water partition coefficient (Wildman–Crippen LogP) is 1.59. The van der Waals surface area contributed by atoms with E-state index in [1.165, 1.54) is 23.1 Å². The summed E-state index contributed by atoms with van der Waals surface area (Å²) in [6, 6.07) is 4.06. The van der Waals surface area contributed by atoms with Crippen LogP contribution in [-0.4, -0.2) is 46.4 Å². The topological polar surface area (TPSA) is 113 Å². The van der Waals surface area contributed by atoms with E-state index in [-0.39, 0.29) is 29.6 Å². The number of benzene rings is 1. The number of nitrogens with zero attached hydrogens (tertiary/aromatic N) is 2. The van der Waals surface area contributed by atoms with Gasteiger partial charge < -0.3 is 15.3 Å². The minimum Gasteiger partial charge on any atom is -0.481 e. The fourth-order valence-corrected chi connectivity index (χ4v) is 2.48. The standard InChI is InChI=1S/C13H14ClN3O5/c14-10-6-9(17(21)22)1-2-11(10)15-3-4-16-7-8(13(19)20)5-12(16)18/h1-2,6,8,15H,3-5,7H2,(H,19,20)/t8-/m1/s1. The molecule has 9 heteroatoms. The zero-order valence-corrected chi connectivity index (χ0v) is 12.2. The number of nitrogens with one attached hydrogen (secondary N) is 1. The number of halogens is 1. The third kappa shape index (κ3) is 3.64. The molecule has 2 N–H and O–H groups in total. The summed E-state index contributed by atoms with van der Waals surface area (Å²) in [5.41, 5.74) is 0.420. The minimum absolute atomic E-state index is 0.0214. The van der Waals surface area contributed by atoms with Gasteiger partial charge in [-0.15, -0.1) is 0 Å². The number of carbonyl (C=O) groups is 2. The number of non-ortho nitro benzene ring substituents is 1. The number of carboxylic acids is 1. The number of carbonyl (C=O) groups excluding carboxylic acids is 1. The molecule has 118 valence electrons. The average molecular weight is 328 g/mol. The first-order valence-corrected chi connectivity index (χ1v) is 6.94. The van der Waals surface area contributed by atoms with Crippen molar-refractivity contribution < 1.29 is 19.6 Å². The van der Waals surface area contributed by atoms with E-state index in [9.17, 15) is 19.7 Å². The quantitative estimate of drug-likeness (QED) is 0.606. The lowest BCUT2D eigenvalue weighted by molar-refractivity contribution is -0.384. The first-order chi connectivity index (χ1) is 10.4. The summed E-state index contributed by atoms with van der Waals surface area (Å²) in [6.07, 6.45) is 0.0214. The number of hydrogen-bond acceptors (Lipinski definition) is 5. The number of hydrogen-bond donors (Lipinski definition) is 2. The van der Waals surface area contributed by atoms with Crippen molar-refractivity contribution in [2.75, 3.05) is 25.0 Å². The SMILES string of the molecule is O=C(O)[C@@H]1CC(=O)N(CCNc2ccc([N+](=O)[O-])cc2Cl)C1. The Morgan fingerprint density at radius 2 is 2.27 bits per heavy atom. The number of anilines is 1. The number of nitro benzene ring substituents is 1. The Morgan fingerprint density at radius 1 is 1.55 bits per heavy atom. The van der Waals surface area contributed by atoms with Crippen LogP contribution in [0.3, 0.4) is 0 Å². The van der Waals surface area contributed by atoms with Gasteiger partial charge in [0.05, 0.1) is 21.6 Å². The smallest absolute Gasteiger partial charge is 0.308 e. The van der Waals surface area contributed by atoms with Gasteiger partial charge in [-0.1, -0.05) is 11.6 Å². The van der Waals surface area contributed by atoms with Crippen LogP contribution < -0.4 is 5.32 Å². The molecule has 0 saturated carbocycles. The van der Waals surface area contributed by atoms with Crippen LogP contribution in [0.15, 0.2) is 18.2 Å². The molecular weight excluding hydrogens is 314 g/mol. The van der Waals surface area contributed by atoms with Crippen molar-refractivity contribution in [1.29, 1.82) is 0 Å². The normalized spacial score (nSPS) is 17.6. The number of amides is 1. The fourth-order valence-electron chi connectivity index (χ4n) is 2.24. The Balaban J connectivity index is 1.88. The van der Waals surface area contributed by atoms with Crippen molar-refractivity contribution in [3.05, 3.63) is 33.3 Å². The maximum Gasteiger partial charge on any atom is 0.308 e. The van der Waals surface area contributed by atoms with Crippen LogP contribution in [0.5, 0.6) is 0 Å². The molecular formula is C13H14ClN3O5. The monoisotopic (exact) mass is 327 g/mol. The summed E-state index contributed by atoms with van der Waals surface area (Å²) in [5.74, 6) is -1.82. The predicted molar refractivity (Wildman–Crippen MR) is 78.9 cm³/mol. The van der Waals surface area contributed by atoms with Crippen molar-refractivity contribution in [1.82, 2.24) is 4.90 Å². The van der Waals surface area contributed by atoms with E-state index >= 15 is 0 Å². The van der Waals surface area contributed by atoms with Crippen molar-refractivity contribution in [2.45, 2.75) is 6.42 Å². The number of likely N-dealkylation sites (tertiary alicyclic amines) is 1. The molecule has 1 aliphatic rings. The van der Waals surface area contributed by atoms with Crippen LogP contribution in [0.4, 0.5) is 11.4 Å². The molecule has 8 nitrogen and oxygen atoms in total. The lowest BCUT2D eigenvalue weighted by Crippen LogP contribution is -2.31. The van der Waals surface area contributed by atoms with Gasteiger partial charge in [0.1, 0.15) is 0 Å². The number of aliphatic carboxylic acids is 1. The summed E-state index contributed by atoms with van der Waals surface area (Å²) in [5, 5.41) is 22.7. The third-order valence-electron chi connectivity index (χ3n) is 3.42. The van der Waals surface area contributed by atoms with E-state index < -0.39 is 16.8 Å². The number of nitro groups is 1. The largest absolute Gasteiger partial charge is 0.481 e. The van der Waals surface area contributed by atoms with Gasteiger partial charge in [0.15, 0.2) is 0 Å². The molecule has 1 aromatic rings. The van der Waals surface area contributed by atoms with E-state index in [2.05, 4.69) is 5.32 Å². The molecule has 0 aromatic heterocycles. The van der Waals surface area contributed by atoms with Crippen LogP contribution in [0.1, 0.15) is 6.42 Å². The zero-order valence-electron chi connectivity index (χ0n) is 11.5. The van der Waals surface area contributed by atoms with E-state index in [1.54, 1.807) is 0 Å². The second-order valence-corrected chi connectivity index (χ2v) is 5.33. The molecule has 1 saturated heterocycles. The van der Waals surface area contributed by atoms with Crippen LogP contribution in [0.2, 0.25) is 5.02 Å². The maximum atomic E-state index is 11.7. The van der Waals surface area contributed by atoms with Gasteiger partial charge in [-0.2, -0.15) is 0 Å². The molecule has 22 heavy (non-hydrogen) atoms. The maximum absolute atomic E-state index is 11.7. The van der Waals surface area contributed by atoms with E-state index in [0.717, 1.165) is 0 Å². The molecule has 0 aliphatic carbocycles. The molecule has 1 heterocycles. The minimum atomic E-state index is -0.970. The van der Waals surface area contributed by atoms with Gasteiger partial charge in [-0.3, -0.25) is 19.7 Å². The van der Waals surface area contributed by atoms with Gasteiger partial charge in [0, 0.05) is 38.2 Å². The summed E-state index contributed by atoms with van der Waals surface area (Å²) in [6.45, 7) is 0.912. The highest BCUT2D eigenvalue weighted by molar-refractivity contribution is 6.33. The molecule has 1 aromatic carbocycles. The molecule has 1 aliphatic heterocycles. The molecule has 1 atom stereocenters. The molecule has 0 spiro atoms. The van der Waals surface area contributed by atoms with Gasteiger partial charge in [-0.05, 0) is 6.07 Å². The molecule has 1 fully saturated rings. The van der Waals surface area contributed by atoms with Crippen LogP contribution >= 0.6 is 11.6 Å². The van der Waals surface area contributed by atoms with Crippen LogP contribution in [0, 0.1) is 16.0 Å². The molecule has 0 unspecified atom stereocenters. The zero-order chi connectivity index (χ0) is 16.3. The highest BCUT2D eigenvalue weighted by atomic mass is 35.5. The van der Waals surface area contributed by atoms with E-state index in [1.807, 2.05) is 0 Å². The molecule has 1 amide bonds. The van der Waals surface area contributed by atoms with Crippen LogP contribution in [0.25, 0.3) is 0 Å². The molecule has 0 radical (unpaired) electrons. The summed E-state index contributed by atoms with van der Waals surface area (Å²) >= 11 is 5.94. The van der Waals surface area contributed by atoms with Crippen molar-refractivity contribution in [3.63, 3.8) is 0 Å². The van der Waals surface area contributed by atoms with Gasteiger partial charge in [-0.25, -0.2) is 0 Å². The molecule has 2 rings (SSSR count). The highest BCUT2D eigenvalue weighted by Crippen LogP contribution is 2.26. The van der Waals surface area contributed by atoms with E-state index in [4.69, 9.17) is 16.7 Å². The summed E-state index contributed by atoms with van der Waals surface area (Å²) in [4.78, 5) is 34.1. The molecule has 0 bridgehead atoms. The Hall–Kier alpha value is -2.35. The Morgan fingerprint density at radius 3 is 2.82 bits per heavy atom. The van der Waals surface area contributed by atoms with Gasteiger partial charge in [0.25, 0.3) is 5.69 Å². The Labute approximate surface area is 130 Å². The highest BCUT2D eigenvalue weighted by Gasteiger charge is 2.33. The van der Waals surface area contributed by atoms with E-state index in [0.29, 0.717) is 18.8 Å². The number of rotatable bonds is 6. The van der Waals surface area contributed by atoms with Crippen molar-refractivity contribution in [3.8, 4) is 0 Å². The van der Waals surface area contributed by atoms with Gasteiger partial charge in [0.2, 0.25) is 5.91 Å². The van der Waals surface area contributed by atoms with Crippen molar-refractivity contribution >= 4 is 34.9 Å². The second-order valence-electron chi connectivity index (χ2n) is 4.93. The van der Waals surface area contributed by atoms with Crippen molar-refractivity contribution in [2.24, 2.45) is 5.92 Å². The first-order valence-electron chi connectivity index (χ1n) is 6.57. The third-order valence-corrected chi connectivity index (χ3v) is 3.74. The lowest BCUT2D eigenvalue weighted by atomic mass is 10.1. The second kappa shape index (κ2) is 6.61. The summed E-state index contributed by atoms with van der Waals surface area (Å²) in [7, 11) is 0. The Bertz CT molecular complexity index is 622. The first kappa shape index (κ1) is 16.0. The Kier molecular flexibility index (Phi) is 4.81. The summed E-state index contributed by atoms with van der Waals surface area (Å²) < 4.78 is 0. The number of carboxylic acid groups (broad SMARTS) is 1. The fraction of sp³-hybridized carbons (Fsp3) is 0.385. The lowest BCUT2D eigenvalue weighted by Gasteiger charge is -2.17.